The standard InChI is InChI=1S/C22H19F3N2O4S/c23-22(24,25)17-6-8-18(9-7-17)27-21(28)15-31-19-10-12-20(13-11-19)32(29,30)26-14-16-4-2-1-3-5-16/h1-13,26H,14-15H2,(H,27,28). The predicted molar refractivity (Wildman–Crippen MR) is 112 cm³/mol. The van der Waals surface area contributed by atoms with Crippen molar-refractivity contribution in [3.63, 3.8) is 0 Å². The van der Waals surface area contributed by atoms with Crippen LogP contribution in [0.4, 0.5) is 18.9 Å². The third-order valence-corrected chi connectivity index (χ3v) is 5.73. The topological polar surface area (TPSA) is 84.5 Å². The highest BCUT2D eigenvalue weighted by Crippen LogP contribution is 2.29. The number of hydrogen-bond acceptors (Lipinski definition) is 4. The number of nitrogens with one attached hydrogen (secondary N) is 2. The lowest BCUT2D eigenvalue weighted by Crippen LogP contribution is -2.23. The molecule has 0 fully saturated rings. The van der Waals surface area contributed by atoms with Crippen LogP contribution in [-0.4, -0.2) is 20.9 Å². The van der Waals surface area contributed by atoms with E-state index in [2.05, 4.69) is 10.0 Å². The monoisotopic (exact) mass is 464 g/mol. The molecule has 3 rings (SSSR count). The second-order valence-corrected chi connectivity index (χ2v) is 8.46. The van der Waals surface area contributed by atoms with Gasteiger partial charge in [-0.3, -0.25) is 4.79 Å². The fraction of sp³-hybridized carbons (Fsp3) is 0.136. The lowest BCUT2D eigenvalue weighted by molar-refractivity contribution is -0.137. The van der Waals surface area contributed by atoms with Crippen LogP contribution < -0.4 is 14.8 Å². The summed E-state index contributed by atoms with van der Waals surface area (Å²) >= 11 is 0. The Morgan fingerprint density at radius 2 is 1.50 bits per heavy atom. The van der Waals surface area contributed by atoms with E-state index in [1.807, 2.05) is 18.2 Å². The number of ether oxygens (including phenoxy) is 1. The number of alkyl halides is 3. The first-order valence-electron chi connectivity index (χ1n) is 9.37. The Morgan fingerprint density at radius 3 is 2.09 bits per heavy atom. The predicted octanol–water partition coefficient (Wildman–Crippen LogP) is 4.20. The molecule has 6 nitrogen and oxygen atoms in total. The summed E-state index contributed by atoms with van der Waals surface area (Å²) in [4.78, 5) is 12.0. The summed E-state index contributed by atoms with van der Waals surface area (Å²) in [7, 11) is -3.73. The first-order valence-corrected chi connectivity index (χ1v) is 10.9. The van der Waals surface area contributed by atoms with Crippen molar-refractivity contribution < 1.29 is 31.1 Å². The van der Waals surface area contributed by atoms with Gasteiger partial charge in [0.1, 0.15) is 5.75 Å². The summed E-state index contributed by atoms with van der Waals surface area (Å²) in [5, 5.41) is 2.42. The van der Waals surface area contributed by atoms with Gasteiger partial charge in [-0.05, 0) is 54.1 Å². The molecule has 1 amide bonds. The molecule has 3 aromatic carbocycles. The van der Waals surface area contributed by atoms with E-state index in [1.54, 1.807) is 12.1 Å². The normalized spacial score (nSPS) is 11.7. The summed E-state index contributed by atoms with van der Waals surface area (Å²) in [6, 6.07) is 18.6. The number of amides is 1. The average molecular weight is 464 g/mol. The van der Waals surface area contributed by atoms with Crippen molar-refractivity contribution in [1.29, 1.82) is 0 Å². The molecule has 0 aromatic heterocycles. The number of anilines is 1. The van der Waals surface area contributed by atoms with Gasteiger partial charge in [0.2, 0.25) is 10.0 Å². The van der Waals surface area contributed by atoms with Gasteiger partial charge in [0.25, 0.3) is 5.91 Å². The number of halogens is 3. The highest BCUT2D eigenvalue weighted by molar-refractivity contribution is 7.89. The lowest BCUT2D eigenvalue weighted by Gasteiger charge is -2.10. The van der Waals surface area contributed by atoms with Gasteiger partial charge in [0, 0.05) is 12.2 Å². The molecule has 168 valence electrons. The second kappa shape index (κ2) is 9.84. The number of carbonyl (C=O) groups is 1. The molecule has 0 unspecified atom stereocenters. The highest BCUT2D eigenvalue weighted by Gasteiger charge is 2.30. The van der Waals surface area contributed by atoms with E-state index < -0.39 is 34.3 Å². The molecule has 0 atom stereocenters. The van der Waals surface area contributed by atoms with Gasteiger partial charge in [-0.25, -0.2) is 13.1 Å². The van der Waals surface area contributed by atoms with Crippen LogP contribution in [0.5, 0.6) is 5.75 Å². The average Bonchev–Trinajstić information content (AvgIpc) is 2.77. The van der Waals surface area contributed by atoms with E-state index in [0.717, 1.165) is 29.8 Å². The smallest absolute Gasteiger partial charge is 0.416 e. The third-order valence-electron chi connectivity index (χ3n) is 4.31. The van der Waals surface area contributed by atoms with Crippen LogP contribution in [0.25, 0.3) is 0 Å². The van der Waals surface area contributed by atoms with Crippen LogP contribution >= 0.6 is 0 Å². The van der Waals surface area contributed by atoms with Crippen LogP contribution in [0.15, 0.2) is 83.8 Å². The maximum atomic E-state index is 12.6. The van der Waals surface area contributed by atoms with Crippen molar-refractivity contribution in [3.8, 4) is 5.75 Å². The molecular formula is C22H19F3N2O4S. The number of hydrogen-bond donors (Lipinski definition) is 2. The lowest BCUT2D eigenvalue weighted by atomic mass is 10.2. The summed E-state index contributed by atoms with van der Waals surface area (Å²) in [6.45, 7) is -0.259. The summed E-state index contributed by atoms with van der Waals surface area (Å²) in [5.74, 6) is -0.319. The van der Waals surface area contributed by atoms with Crippen molar-refractivity contribution in [2.24, 2.45) is 0 Å². The molecule has 0 aliphatic heterocycles. The van der Waals surface area contributed by atoms with E-state index in [9.17, 15) is 26.4 Å². The summed E-state index contributed by atoms with van der Waals surface area (Å²) in [6.07, 6.45) is -4.46. The molecular weight excluding hydrogens is 445 g/mol. The van der Waals surface area contributed by atoms with Crippen molar-refractivity contribution >= 4 is 21.6 Å². The zero-order valence-electron chi connectivity index (χ0n) is 16.6. The SMILES string of the molecule is O=C(COc1ccc(S(=O)(=O)NCc2ccccc2)cc1)Nc1ccc(C(F)(F)F)cc1. The molecule has 2 N–H and O–H groups in total. The molecule has 3 aromatic rings. The van der Waals surface area contributed by atoms with Gasteiger partial charge >= 0.3 is 6.18 Å². The molecule has 32 heavy (non-hydrogen) atoms. The maximum absolute atomic E-state index is 12.6. The molecule has 10 heteroatoms. The molecule has 0 bridgehead atoms. The van der Waals surface area contributed by atoms with Crippen LogP contribution in [0, 0.1) is 0 Å². The minimum absolute atomic E-state index is 0.0370. The van der Waals surface area contributed by atoms with E-state index in [-0.39, 0.29) is 22.9 Å². The molecule has 0 aliphatic carbocycles. The molecule has 0 saturated heterocycles. The Bertz CT molecular complexity index is 1150. The molecule has 0 saturated carbocycles. The van der Waals surface area contributed by atoms with Gasteiger partial charge in [0.05, 0.1) is 10.5 Å². The van der Waals surface area contributed by atoms with Crippen molar-refractivity contribution in [2.45, 2.75) is 17.6 Å². The Kier molecular flexibility index (Phi) is 7.16. The van der Waals surface area contributed by atoms with Crippen LogP contribution in [0.2, 0.25) is 0 Å². The van der Waals surface area contributed by atoms with E-state index in [4.69, 9.17) is 4.74 Å². The fourth-order valence-corrected chi connectivity index (χ4v) is 3.68. The van der Waals surface area contributed by atoms with E-state index >= 15 is 0 Å². The molecule has 0 heterocycles. The fourth-order valence-electron chi connectivity index (χ4n) is 2.66. The van der Waals surface area contributed by atoms with Crippen molar-refractivity contribution in [1.82, 2.24) is 4.72 Å². The Labute approximate surface area is 183 Å². The molecule has 0 aliphatic rings. The minimum atomic E-state index is -4.46. The molecule has 0 radical (unpaired) electrons. The van der Waals surface area contributed by atoms with Crippen LogP contribution in [0.3, 0.4) is 0 Å². The first kappa shape index (κ1) is 23.3. The first-order chi connectivity index (χ1) is 15.1. The number of carbonyl (C=O) groups excluding carboxylic acids is 1. The maximum Gasteiger partial charge on any atom is 0.416 e. The van der Waals surface area contributed by atoms with Gasteiger partial charge in [-0.15, -0.1) is 0 Å². The van der Waals surface area contributed by atoms with Gasteiger partial charge in [0.15, 0.2) is 6.61 Å². The van der Waals surface area contributed by atoms with Crippen LogP contribution in [0.1, 0.15) is 11.1 Å². The van der Waals surface area contributed by atoms with Gasteiger partial charge in [-0.2, -0.15) is 13.2 Å². The zero-order valence-corrected chi connectivity index (χ0v) is 17.4. The Hall–Kier alpha value is -3.37. The highest BCUT2D eigenvalue weighted by atomic mass is 32.2. The van der Waals surface area contributed by atoms with E-state index in [1.165, 1.54) is 24.3 Å². The second-order valence-electron chi connectivity index (χ2n) is 6.69. The summed E-state index contributed by atoms with van der Waals surface area (Å²) < 4.78 is 70.3. The van der Waals surface area contributed by atoms with Crippen molar-refractivity contribution in [3.05, 3.63) is 90.0 Å². The quantitative estimate of drug-likeness (QED) is 0.523. The Balaban J connectivity index is 1.51. The number of benzene rings is 3. The minimum Gasteiger partial charge on any atom is -0.484 e. The van der Waals surface area contributed by atoms with Gasteiger partial charge in [-0.1, -0.05) is 30.3 Å². The van der Waals surface area contributed by atoms with E-state index in [0.29, 0.717) is 0 Å². The molecule has 0 spiro atoms. The Morgan fingerprint density at radius 1 is 0.875 bits per heavy atom. The third kappa shape index (κ3) is 6.56. The summed E-state index contributed by atoms with van der Waals surface area (Å²) in [5.41, 5.74) is 0.188. The largest absolute Gasteiger partial charge is 0.484 e. The van der Waals surface area contributed by atoms with Crippen molar-refractivity contribution in [2.75, 3.05) is 11.9 Å². The number of rotatable bonds is 8. The number of sulfonamides is 1. The van der Waals surface area contributed by atoms with Gasteiger partial charge < -0.3 is 10.1 Å². The van der Waals surface area contributed by atoms with Crippen LogP contribution in [-0.2, 0) is 27.5 Å². The zero-order chi connectivity index (χ0) is 23.2.